The van der Waals surface area contributed by atoms with Gasteiger partial charge in [0.2, 0.25) is 5.82 Å². The zero-order valence-corrected chi connectivity index (χ0v) is 14.8. The highest BCUT2D eigenvalue weighted by atomic mass is 35.5. The second kappa shape index (κ2) is 7.48. The van der Waals surface area contributed by atoms with Crippen molar-refractivity contribution in [1.82, 2.24) is 20.1 Å². The highest BCUT2D eigenvalue weighted by molar-refractivity contribution is 6.29. The molecule has 0 N–H and O–H groups in total. The molecule has 0 aliphatic heterocycles. The van der Waals surface area contributed by atoms with Gasteiger partial charge in [-0.25, -0.2) is 9.97 Å². The van der Waals surface area contributed by atoms with Crippen LogP contribution in [-0.4, -0.2) is 26.2 Å². The Morgan fingerprint density at radius 3 is 2.64 bits per heavy atom. The number of rotatable bonds is 6. The first-order valence-corrected chi connectivity index (χ1v) is 8.14. The molecule has 0 spiro atoms. The third-order valence-corrected chi connectivity index (χ3v) is 3.37. The lowest BCUT2D eigenvalue weighted by molar-refractivity contribution is 0.175. The van der Waals surface area contributed by atoms with E-state index >= 15 is 0 Å². The third kappa shape index (κ3) is 4.24. The predicted octanol–water partition coefficient (Wildman–Crippen LogP) is 4.11. The van der Waals surface area contributed by atoms with Gasteiger partial charge in [-0.05, 0) is 45.0 Å². The fourth-order valence-corrected chi connectivity index (χ4v) is 2.20. The number of pyridine rings is 2. The first-order chi connectivity index (χ1) is 12.0. The third-order valence-electron chi connectivity index (χ3n) is 3.15. The maximum Gasteiger partial charge on any atom is 0.267 e. The van der Waals surface area contributed by atoms with E-state index in [1.807, 2.05) is 19.9 Å². The van der Waals surface area contributed by atoms with E-state index in [9.17, 15) is 0 Å². The standard InChI is InChI=1S/C17H17ClN4O3/c1-10(2)23-13-5-4-8-19-15(13)16-21-17(25-22-16)11(3)24-12-6-7-14(18)20-9-12/h4-11H,1-3H3/t11-/m0/s1. The Hall–Kier alpha value is -2.67. The lowest BCUT2D eigenvalue weighted by atomic mass is 10.3. The van der Waals surface area contributed by atoms with Gasteiger partial charge in [0, 0.05) is 6.20 Å². The first-order valence-electron chi connectivity index (χ1n) is 7.77. The molecule has 0 bridgehead atoms. The maximum absolute atomic E-state index is 5.76. The molecule has 25 heavy (non-hydrogen) atoms. The fourth-order valence-electron chi connectivity index (χ4n) is 2.09. The van der Waals surface area contributed by atoms with Crippen LogP contribution in [0.2, 0.25) is 5.15 Å². The molecule has 0 saturated heterocycles. The van der Waals surface area contributed by atoms with E-state index in [1.54, 1.807) is 31.3 Å². The van der Waals surface area contributed by atoms with E-state index in [2.05, 4.69) is 20.1 Å². The molecule has 0 amide bonds. The lowest BCUT2D eigenvalue weighted by Crippen LogP contribution is -2.07. The van der Waals surface area contributed by atoms with Crippen LogP contribution in [0.15, 0.2) is 41.2 Å². The summed E-state index contributed by atoms with van der Waals surface area (Å²) >= 11 is 5.76. The SMILES string of the molecule is CC(C)Oc1cccnc1-c1noc([C@H](C)Oc2ccc(Cl)nc2)n1. The van der Waals surface area contributed by atoms with Crippen molar-refractivity contribution in [3.05, 3.63) is 47.7 Å². The molecule has 0 aromatic carbocycles. The van der Waals surface area contributed by atoms with Crippen molar-refractivity contribution in [3.8, 4) is 23.0 Å². The summed E-state index contributed by atoms with van der Waals surface area (Å²) < 4.78 is 16.8. The molecule has 0 aliphatic carbocycles. The van der Waals surface area contributed by atoms with Crippen molar-refractivity contribution in [2.45, 2.75) is 33.0 Å². The number of halogens is 1. The van der Waals surface area contributed by atoms with Gasteiger partial charge in [0.25, 0.3) is 5.89 Å². The van der Waals surface area contributed by atoms with Gasteiger partial charge in [-0.15, -0.1) is 0 Å². The molecule has 3 aromatic heterocycles. The van der Waals surface area contributed by atoms with Gasteiger partial charge in [-0.2, -0.15) is 4.98 Å². The van der Waals surface area contributed by atoms with E-state index in [-0.39, 0.29) is 6.10 Å². The van der Waals surface area contributed by atoms with Crippen LogP contribution >= 0.6 is 11.6 Å². The van der Waals surface area contributed by atoms with Crippen LogP contribution in [0.4, 0.5) is 0 Å². The first kappa shape index (κ1) is 17.2. The highest BCUT2D eigenvalue weighted by Gasteiger charge is 2.20. The van der Waals surface area contributed by atoms with Gasteiger partial charge in [0.05, 0.1) is 12.3 Å². The Morgan fingerprint density at radius 2 is 1.92 bits per heavy atom. The number of aromatic nitrogens is 4. The summed E-state index contributed by atoms with van der Waals surface area (Å²) in [6, 6.07) is 6.97. The summed E-state index contributed by atoms with van der Waals surface area (Å²) in [5.74, 6) is 1.82. The van der Waals surface area contributed by atoms with Crippen LogP contribution in [0.25, 0.3) is 11.5 Å². The molecule has 1 atom stereocenters. The highest BCUT2D eigenvalue weighted by Crippen LogP contribution is 2.28. The summed E-state index contributed by atoms with van der Waals surface area (Å²) in [6.45, 7) is 5.68. The van der Waals surface area contributed by atoms with Crippen molar-refractivity contribution in [3.63, 3.8) is 0 Å². The van der Waals surface area contributed by atoms with Crippen LogP contribution < -0.4 is 9.47 Å². The summed E-state index contributed by atoms with van der Waals surface area (Å²) in [4.78, 5) is 12.6. The summed E-state index contributed by atoms with van der Waals surface area (Å²) in [6.07, 6.45) is 2.73. The van der Waals surface area contributed by atoms with Gasteiger partial charge in [0.15, 0.2) is 11.8 Å². The maximum atomic E-state index is 5.76. The van der Waals surface area contributed by atoms with E-state index in [0.717, 1.165) is 0 Å². The minimum Gasteiger partial charge on any atom is -0.489 e. The second-order valence-corrected chi connectivity index (χ2v) is 5.94. The molecule has 0 fully saturated rings. The molecule has 8 heteroatoms. The average Bonchev–Trinajstić information content (AvgIpc) is 3.07. The van der Waals surface area contributed by atoms with Crippen LogP contribution in [0, 0.1) is 0 Å². The van der Waals surface area contributed by atoms with Gasteiger partial charge in [0.1, 0.15) is 16.7 Å². The van der Waals surface area contributed by atoms with E-state index in [4.69, 9.17) is 25.6 Å². The Morgan fingerprint density at radius 1 is 1.08 bits per heavy atom. The Bertz CT molecular complexity index is 836. The zero-order chi connectivity index (χ0) is 17.8. The van der Waals surface area contributed by atoms with E-state index in [0.29, 0.717) is 34.1 Å². The Balaban J connectivity index is 1.79. The number of hydrogen-bond acceptors (Lipinski definition) is 7. The largest absolute Gasteiger partial charge is 0.489 e. The average molecular weight is 361 g/mol. The monoisotopic (exact) mass is 360 g/mol. The van der Waals surface area contributed by atoms with Crippen molar-refractivity contribution >= 4 is 11.6 Å². The number of ether oxygens (including phenoxy) is 2. The molecule has 0 radical (unpaired) electrons. The topological polar surface area (TPSA) is 83.2 Å². The van der Waals surface area contributed by atoms with Gasteiger partial charge in [-0.3, -0.25) is 0 Å². The number of nitrogens with zero attached hydrogens (tertiary/aromatic N) is 4. The quantitative estimate of drug-likeness (QED) is 0.611. The Labute approximate surface area is 150 Å². The molecule has 0 aliphatic rings. The van der Waals surface area contributed by atoms with Gasteiger partial charge >= 0.3 is 0 Å². The Kier molecular flexibility index (Phi) is 5.14. The number of hydrogen-bond donors (Lipinski definition) is 0. The fraction of sp³-hybridized carbons (Fsp3) is 0.294. The molecule has 3 heterocycles. The molecule has 130 valence electrons. The van der Waals surface area contributed by atoms with E-state index in [1.165, 1.54) is 6.20 Å². The second-order valence-electron chi connectivity index (χ2n) is 5.55. The minimum absolute atomic E-state index is 0.00832. The molecule has 0 saturated carbocycles. The zero-order valence-electron chi connectivity index (χ0n) is 14.0. The molecular formula is C17H17ClN4O3. The molecule has 3 aromatic rings. The van der Waals surface area contributed by atoms with Gasteiger partial charge < -0.3 is 14.0 Å². The summed E-state index contributed by atoms with van der Waals surface area (Å²) in [5.41, 5.74) is 0.520. The van der Waals surface area contributed by atoms with Crippen LogP contribution in [0.5, 0.6) is 11.5 Å². The smallest absolute Gasteiger partial charge is 0.267 e. The molecule has 7 nitrogen and oxygen atoms in total. The molecule has 3 rings (SSSR count). The van der Waals surface area contributed by atoms with Crippen molar-refractivity contribution in [2.75, 3.05) is 0 Å². The van der Waals surface area contributed by atoms with Crippen LogP contribution in [0.1, 0.15) is 32.8 Å². The minimum atomic E-state index is -0.456. The normalized spacial score (nSPS) is 12.2. The predicted molar refractivity (Wildman–Crippen MR) is 91.6 cm³/mol. The van der Waals surface area contributed by atoms with Gasteiger partial charge in [-0.1, -0.05) is 16.8 Å². The molecular weight excluding hydrogens is 344 g/mol. The van der Waals surface area contributed by atoms with Crippen molar-refractivity contribution in [2.24, 2.45) is 0 Å². The van der Waals surface area contributed by atoms with Crippen molar-refractivity contribution < 1.29 is 14.0 Å². The molecule has 0 unspecified atom stereocenters. The van der Waals surface area contributed by atoms with Crippen LogP contribution in [0.3, 0.4) is 0 Å². The van der Waals surface area contributed by atoms with E-state index < -0.39 is 6.10 Å². The summed E-state index contributed by atoms with van der Waals surface area (Å²) in [7, 11) is 0. The summed E-state index contributed by atoms with van der Waals surface area (Å²) in [5, 5.41) is 4.38. The van der Waals surface area contributed by atoms with Crippen LogP contribution in [-0.2, 0) is 0 Å². The lowest BCUT2D eigenvalue weighted by Gasteiger charge is -2.11. The van der Waals surface area contributed by atoms with Crippen molar-refractivity contribution in [1.29, 1.82) is 0 Å².